The molecule has 0 saturated carbocycles. The van der Waals surface area contributed by atoms with Gasteiger partial charge in [0.15, 0.2) is 9.84 Å². The number of alkyl halides is 3. The van der Waals surface area contributed by atoms with E-state index >= 15 is 0 Å². The zero-order chi connectivity index (χ0) is 17.8. The third-order valence-electron chi connectivity index (χ3n) is 3.62. The Kier molecular flexibility index (Phi) is 5.54. The Morgan fingerprint density at radius 2 is 1.54 bits per heavy atom. The second kappa shape index (κ2) is 7.25. The Labute approximate surface area is 139 Å². The zero-order valence-electron chi connectivity index (χ0n) is 13.1. The van der Waals surface area contributed by atoms with Crippen molar-refractivity contribution in [2.24, 2.45) is 0 Å². The van der Waals surface area contributed by atoms with E-state index in [1.54, 1.807) is 31.2 Å². The van der Waals surface area contributed by atoms with E-state index in [9.17, 15) is 21.6 Å². The van der Waals surface area contributed by atoms with Crippen molar-refractivity contribution in [3.63, 3.8) is 0 Å². The molecule has 0 amide bonds. The van der Waals surface area contributed by atoms with Gasteiger partial charge in [0.2, 0.25) is 0 Å². The molecular weight excluding hydrogens is 339 g/mol. The maximum Gasteiger partial charge on any atom is 0.416 e. The second-order valence-electron chi connectivity index (χ2n) is 5.30. The lowest BCUT2D eigenvalue weighted by Crippen LogP contribution is -2.07. The average molecular weight is 357 g/mol. The number of hydrogen-bond acceptors (Lipinski definition) is 3. The number of anilines is 1. The molecule has 0 heterocycles. The van der Waals surface area contributed by atoms with Crippen LogP contribution in [0.3, 0.4) is 0 Å². The molecule has 0 radical (unpaired) electrons. The minimum absolute atomic E-state index is 0.0493. The zero-order valence-corrected chi connectivity index (χ0v) is 13.9. The fraction of sp³-hybridized carbons (Fsp3) is 0.294. The van der Waals surface area contributed by atoms with Gasteiger partial charge in [0.1, 0.15) is 0 Å². The Hall–Kier alpha value is -2.02. The molecule has 0 saturated heterocycles. The fourth-order valence-electron chi connectivity index (χ4n) is 2.16. The molecule has 7 heteroatoms. The van der Waals surface area contributed by atoms with Crippen LogP contribution in [0.1, 0.15) is 18.1 Å². The summed E-state index contributed by atoms with van der Waals surface area (Å²) in [6.07, 6.45) is -3.76. The molecule has 0 aliphatic heterocycles. The molecule has 1 N–H and O–H groups in total. The first kappa shape index (κ1) is 18.3. The van der Waals surface area contributed by atoms with Gasteiger partial charge in [0.05, 0.1) is 16.2 Å². The Balaban J connectivity index is 1.90. The van der Waals surface area contributed by atoms with Gasteiger partial charge in [-0.3, -0.25) is 0 Å². The molecule has 2 aromatic rings. The Morgan fingerprint density at radius 1 is 0.958 bits per heavy atom. The lowest BCUT2D eigenvalue weighted by Gasteiger charge is -2.09. The third-order valence-corrected chi connectivity index (χ3v) is 5.37. The molecule has 0 fully saturated rings. The summed E-state index contributed by atoms with van der Waals surface area (Å²) in [5.74, 6) is 0.0493. The van der Waals surface area contributed by atoms with Crippen LogP contribution in [-0.4, -0.2) is 20.7 Å². The summed E-state index contributed by atoms with van der Waals surface area (Å²) in [4.78, 5) is 0.276. The first-order chi connectivity index (χ1) is 11.2. The maximum absolute atomic E-state index is 12.5. The van der Waals surface area contributed by atoms with E-state index in [2.05, 4.69) is 5.32 Å². The van der Waals surface area contributed by atoms with Crippen LogP contribution in [0.4, 0.5) is 18.9 Å². The third kappa shape index (κ3) is 4.74. The lowest BCUT2D eigenvalue weighted by molar-refractivity contribution is -0.137. The maximum atomic E-state index is 12.5. The second-order valence-corrected chi connectivity index (χ2v) is 7.58. The number of sulfone groups is 1. The lowest BCUT2D eigenvalue weighted by atomic mass is 10.1. The van der Waals surface area contributed by atoms with Crippen molar-refractivity contribution >= 4 is 15.5 Å². The standard InChI is InChI=1S/C17H18F3NO2S/c1-2-24(22,23)16-9-7-15(8-10-16)21-12-11-13-3-5-14(6-4-13)17(18,19)20/h3-10,21H,2,11-12H2,1H3. The average Bonchev–Trinajstić information content (AvgIpc) is 2.55. The highest BCUT2D eigenvalue weighted by Gasteiger charge is 2.29. The van der Waals surface area contributed by atoms with E-state index in [0.717, 1.165) is 23.4 Å². The molecule has 2 rings (SSSR count). The first-order valence-corrected chi connectivity index (χ1v) is 9.10. The van der Waals surface area contributed by atoms with Crippen molar-refractivity contribution in [1.29, 1.82) is 0 Å². The molecule has 0 unspecified atom stereocenters. The summed E-state index contributed by atoms with van der Waals surface area (Å²) in [5, 5.41) is 3.12. The summed E-state index contributed by atoms with van der Waals surface area (Å²) < 4.78 is 60.9. The van der Waals surface area contributed by atoms with E-state index < -0.39 is 21.6 Å². The number of benzene rings is 2. The molecule has 3 nitrogen and oxygen atoms in total. The van der Waals surface area contributed by atoms with Crippen LogP contribution in [0.25, 0.3) is 0 Å². The highest BCUT2D eigenvalue weighted by atomic mass is 32.2. The van der Waals surface area contributed by atoms with Gasteiger partial charge in [-0.05, 0) is 48.4 Å². The van der Waals surface area contributed by atoms with Crippen molar-refractivity contribution in [1.82, 2.24) is 0 Å². The van der Waals surface area contributed by atoms with Crippen LogP contribution >= 0.6 is 0 Å². The van der Waals surface area contributed by atoms with Crippen LogP contribution in [0.2, 0.25) is 0 Å². The number of halogens is 3. The molecular formula is C17H18F3NO2S. The highest BCUT2D eigenvalue weighted by Crippen LogP contribution is 2.29. The summed E-state index contributed by atoms with van der Waals surface area (Å²) in [6, 6.07) is 11.5. The molecule has 0 bridgehead atoms. The van der Waals surface area contributed by atoms with E-state index in [4.69, 9.17) is 0 Å². The monoisotopic (exact) mass is 357 g/mol. The predicted octanol–water partition coefficient (Wildman–Crippen LogP) is 4.15. The number of hydrogen-bond donors (Lipinski definition) is 1. The van der Waals surface area contributed by atoms with Gasteiger partial charge >= 0.3 is 6.18 Å². The van der Waals surface area contributed by atoms with Crippen LogP contribution in [0.5, 0.6) is 0 Å². The van der Waals surface area contributed by atoms with Crippen LogP contribution in [-0.2, 0) is 22.4 Å². The highest BCUT2D eigenvalue weighted by molar-refractivity contribution is 7.91. The van der Waals surface area contributed by atoms with Gasteiger partial charge in [-0.1, -0.05) is 19.1 Å². The van der Waals surface area contributed by atoms with Crippen molar-refractivity contribution in [2.45, 2.75) is 24.4 Å². The summed E-state index contributed by atoms with van der Waals surface area (Å²) >= 11 is 0. The molecule has 0 aliphatic rings. The van der Waals surface area contributed by atoms with Gasteiger partial charge in [0, 0.05) is 12.2 Å². The number of nitrogens with one attached hydrogen (secondary N) is 1. The van der Waals surface area contributed by atoms with Gasteiger partial charge in [0.25, 0.3) is 0 Å². The van der Waals surface area contributed by atoms with Crippen LogP contribution < -0.4 is 5.32 Å². The molecule has 0 aliphatic carbocycles. The van der Waals surface area contributed by atoms with Gasteiger partial charge in [-0.15, -0.1) is 0 Å². The minimum Gasteiger partial charge on any atom is -0.385 e. The smallest absolute Gasteiger partial charge is 0.385 e. The molecule has 2 aromatic carbocycles. The summed E-state index contributed by atoms with van der Waals surface area (Å²) in [6.45, 7) is 2.12. The predicted molar refractivity (Wildman–Crippen MR) is 87.8 cm³/mol. The fourth-order valence-corrected chi connectivity index (χ4v) is 3.04. The molecule has 0 spiro atoms. The molecule has 130 valence electrons. The van der Waals surface area contributed by atoms with E-state index in [1.165, 1.54) is 12.1 Å². The molecule has 24 heavy (non-hydrogen) atoms. The van der Waals surface area contributed by atoms with Crippen molar-refractivity contribution in [3.8, 4) is 0 Å². The van der Waals surface area contributed by atoms with E-state index in [-0.39, 0.29) is 10.6 Å². The van der Waals surface area contributed by atoms with E-state index in [1.807, 2.05) is 0 Å². The molecule has 0 aromatic heterocycles. The van der Waals surface area contributed by atoms with Gasteiger partial charge in [-0.25, -0.2) is 8.42 Å². The largest absolute Gasteiger partial charge is 0.416 e. The van der Waals surface area contributed by atoms with Crippen molar-refractivity contribution < 1.29 is 21.6 Å². The summed E-state index contributed by atoms with van der Waals surface area (Å²) in [5.41, 5.74) is 0.893. The Morgan fingerprint density at radius 3 is 2.04 bits per heavy atom. The van der Waals surface area contributed by atoms with Crippen molar-refractivity contribution in [3.05, 3.63) is 59.7 Å². The van der Waals surface area contributed by atoms with Crippen molar-refractivity contribution in [2.75, 3.05) is 17.6 Å². The van der Waals surface area contributed by atoms with Gasteiger partial charge < -0.3 is 5.32 Å². The van der Waals surface area contributed by atoms with E-state index in [0.29, 0.717) is 13.0 Å². The minimum atomic E-state index is -4.32. The van der Waals surface area contributed by atoms with Gasteiger partial charge in [-0.2, -0.15) is 13.2 Å². The molecule has 0 atom stereocenters. The SMILES string of the molecule is CCS(=O)(=O)c1ccc(NCCc2ccc(C(F)(F)F)cc2)cc1. The first-order valence-electron chi connectivity index (χ1n) is 7.45. The topological polar surface area (TPSA) is 46.2 Å². The normalized spacial score (nSPS) is 12.2. The Bertz CT molecular complexity index is 767. The summed E-state index contributed by atoms with van der Waals surface area (Å²) in [7, 11) is -3.21. The number of rotatable bonds is 6. The van der Waals surface area contributed by atoms with Crippen LogP contribution in [0.15, 0.2) is 53.4 Å². The van der Waals surface area contributed by atoms with Crippen LogP contribution in [0, 0.1) is 0 Å². The quantitative estimate of drug-likeness (QED) is 0.845.